The van der Waals surface area contributed by atoms with Crippen molar-refractivity contribution in [2.45, 2.75) is 39.5 Å². The van der Waals surface area contributed by atoms with Crippen LogP contribution in [0.15, 0.2) is 18.2 Å². The molecule has 0 heterocycles. The SMILES string of the molecule is CC(C)NC(=O)C(C)Oc1ccc(F)cc1CN. The summed E-state index contributed by atoms with van der Waals surface area (Å²) in [5.74, 6) is -0.148. The molecule has 0 aliphatic rings. The third-order valence-electron chi connectivity index (χ3n) is 2.35. The van der Waals surface area contributed by atoms with Crippen molar-refractivity contribution in [2.24, 2.45) is 5.73 Å². The fourth-order valence-electron chi connectivity index (χ4n) is 1.47. The molecule has 1 aromatic rings. The van der Waals surface area contributed by atoms with E-state index in [0.29, 0.717) is 11.3 Å². The number of amides is 1. The van der Waals surface area contributed by atoms with Crippen LogP contribution in [-0.2, 0) is 11.3 Å². The number of hydrogen-bond donors (Lipinski definition) is 2. The molecule has 0 saturated carbocycles. The highest BCUT2D eigenvalue weighted by Gasteiger charge is 2.16. The second-order valence-corrected chi connectivity index (χ2v) is 4.38. The van der Waals surface area contributed by atoms with E-state index in [-0.39, 0.29) is 24.3 Å². The van der Waals surface area contributed by atoms with Crippen molar-refractivity contribution in [3.63, 3.8) is 0 Å². The number of nitrogens with two attached hydrogens (primary N) is 1. The normalized spacial score (nSPS) is 12.3. The number of ether oxygens (including phenoxy) is 1. The number of nitrogens with one attached hydrogen (secondary N) is 1. The molecule has 0 aliphatic carbocycles. The van der Waals surface area contributed by atoms with Gasteiger partial charge in [0.1, 0.15) is 11.6 Å². The second kappa shape index (κ2) is 6.35. The third-order valence-corrected chi connectivity index (χ3v) is 2.35. The van der Waals surface area contributed by atoms with E-state index in [1.807, 2.05) is 13.8 Å². The van der Waals surface area contributed by atoms with Crippen LogP contribution < -0.4 is 15.8 Å². The lowest BCUT2D eigenvalue weighted by atomic mass is 10.2. The molecule has 100 valence electrons. The summed E-state index contributed by atoms with van der Waals surface area (Å²) in [6, 6.07) is 4.12. The first-order valence-corrected chi connectivity index (χ1v) is 5.89. The van der Waals surface area contributed by atoms with Gasteiger partial charge in [0.15, 0.2) is 6.10 Å². The Labute approximate surface area is 106 Å². The lowest BCUT2D eigenvalue weighted by Crippen LogP contribution is -2.40. The van der Waals surface area contributed by atoms with Gasteiger partial charge in [0, 0.05) is 18.2 Å². The van der Waals surface area contributed by atoms with Crippen molar-refractivity contribution in [3.05, 3.63) is 29.6 Å². The predicted octanol–water partition coefficient (Wildman–Crippen LogP) is 1.58. The van der Waals surface area contributed by atoms with Crippen molar-refractivity contribution in [3.8, 4) is 5.75 Å². The van der Waals surface area contributed by atoms with Crippen molar-refractivity contribution < 1.29 is 13.9 Å². The molecule has 0 bridgehead atoms. The first-order valence-electron chi connectivity index (χ1n) is 5.89. The highest BCUT2D eigenvalue weighted by atomic mass is 19.1. The van der Waals surface area contributed by atoms with Gasteiger partial charge in [-0.2, -0.15) is 0 Å². The topological polar surface area (TPSA) is 64.3 Å². The third kappa shape index (κ3) is 4.00. The molecular formula is C13H19FN2O2. The summed E-state index contributed by atoms with van der Waals surface area (Å²) in [7, 11) is 0. The number of carbonyl (C=O) groups excluding carboxylic acids is 1. The Bertz CT molecular complexity index is 421. The fraction of sp³-hybridized carbons (Fsp3) is 0.462. The van der Waals surface area contributed by atoms with Gasteiger partial charge in [0.2, 0.25) is 0 Å². The molecule has 18 heavy (non-hydrogen) atoms. The molecule has 3 N–H and O–H groups in total. The lowest BCUT2D eigenvalue weighted by Gasteiger charge is -2.18. The van der Waals surface area contributed by atoms with Crippen LogP contribution in [0.1, 0.15) is 26.3 Å². The zero-order valence-electron chi connectivity index (χ0n) is 10.9. The zero-order chi connectivity index (χ0) is 13.7. The summed E-state index contributed by atoms with van der Waals surface area (Å²) < 4.78 is 18.5. The van der Waals surface area contributed by atoms with Gasteiger partial charge in [-0.1, -0.05) is 0 Å². The average Bonchev–Trinajstić information content (AvgIpc) is 2.30. The molecule has 5 heteroatoms. The van der Waals surface area contributed by atoms with Crippen molar-refractivity contribution in [2.75, 3.05) is 0 Å². The first kappa shape index (κ1) is 14.4. The Morgan fingerprint density at radius 2 is 2.11 bits per heavy atom. The maximum atomic E-state index is 13.0. The average molecular weight is 254 g/mol. The van der Waals surface area contributed by atoms with Crippen LogP contribution in [-0.4, -0.2) is 18.1 Å². The van der Waals surface area contributed by atoms with Gasteiger partial charge in [-0.15, -0.1) is 0 Å². The summed E-state index contributed by atoms with van der Waals surface area (Å²) >= 11 is 0. The van der Waals surface area contributed by atoms with E-state index in [2.05, 4.69) is 5.32 Å². The summed E-state index contributed by atoms with van der Waals surface area (Å²) in [6.45, 7) is 5.54. The van der Waals surface area contributed by atoms with E-state index in [9.17, 15) is 9.18 Å². The fourth-order valence-corrected chi connectivity index (χ4v) is 1.47. The highest BCUT2D eigenvalue weighted by Crippen LogP contribution is 2.20. The minimum Gasteiger partial charge on any atom is -0.481 e. The second-order valence-electron chi connectivity index (χ2n) is 4.38. The summed E-state index contributed by atoms with van der Waals surface area (Å²) in [4.78, 5) is 11.7. The van der Waals surface area contributed by atoms with E-state index >= 15 is 0 Å². The standard InChI is InChI=1S/C13H19FN2O2/c1-8(2)16-13(17)9(3)18-12-5-4-11(14)6-10(12)7-15/h4-6,8-9H,7,15H2,1-3H3,(H,16,17). The van der Waals surface area contributed by atoms with E-state index in [1.165, 1.54) is 18.2 Å². The lowest BCUT2D eigenvalue weighted by molar-refractivity contribution is -0.127. The van der Waals surface area contributed by atoms with Crippen molar-refractivity contribution in [1.82, 2.24) is 5.32 Å². The van der Waals surface area contributed by atoms with Crippen LogP contribution in [0.2, 0.25) is 0 Å². The Balaban J connectivity index is 2.75. The van der Waals surface area contributed by atoms with Crippen LogP contribution in [0, 0.1) is 5.82 Å². The summed E-state index contributed by atoms with van der Waals surface area (Å²) in [6.07, 6.45) is -0.650. The van der Waals surface area contributed by atoms with Crippen LogP contribution >= 0.6 is 0 Å². The molecule has 0 spiro atoms. The number of carbonyl (C=O) groups is 1. The molecule has 1 rings (SSSR count). The van der Waals surface area contributed by atoms with Crippen LogP contribution in [0.25, 0.3) is 0 Å². The molecular weight excluding hydrogens is 235 g/mol. The van der Waals surface area contributed by atoms with E-state index in [4.69, 9.17) is 10.5 Å². The molecule has 1 unspecified atom stereocenters. The zero-order valence-corrected chi connectivity index (χ0v) is 10.9. The Hall–Kier alpha value is -1.62. The van der Waals surface area contributed by atoms with Gasteiger partial charge >= 0.3 is 0 Å². The van der Waals surface area contributed by atoms with Crippen molar-refractivity contribution >= 4 is 5.91 Å². The first-order chi connectivity index (χ1) is 8.43. The molecule has 1 aromatic carbocycles. The minimum absolute atomic E-state index is 0.0470. The largest absolute Gasteiger partial charge is 0.481 e. The monoisotopic (exact) mass is 254 g/mol. The van der Waals surface area contributed by atoms with Crippen LogP contribution in [0.5, 0.6) is 5.75 Å². The van der Waals surface area contributed by atoms with Crippen molar-refractivity contribution in [1.29, 1.82) is 0 Å². The number of halogens is 1. The van der Waals surface area contributed by atoms with E-state index in [0.717, 1.165) is 0 Å². The molecule has 1 amide bonds. The van der Waals surface area contributed by atoms with Gasteiger partial charge in [0.25, 0.3) is 5.91 Å². The molecule has 0 aromatic heterocycles. The van der Waals surface area contributed by atoms with Gasteiger partial charge in [-0.05, 0) is 39.0 Å². The number of benzene rings is 1. The quantitative estimate of drug-likeness (QED) is 0.838. The summed E-state index contributed by atoms with van der Waals surface area (Å²) in [5, 5.41) is 2.74. The molecule has 0 aliphatic heterocycles. The van der Waals surface area contributed by atoms with Gasteiger partial charge < -0.3 is 15.8 Å². The van der Waals surface area contributed by atoms with Gasteiger partial charge in [-0.3, -0.25) is 4.79 Å². The predicted molar refractivity (Wildman–Crippen MR) is 67.7 cm³/mol. The Morgan fingerprint density at radius 3 is 2.67 bits per heavy atom. The van der Waals surface area contributed by atoms with Gasteiger partial charge in [0.05, 0.1) is 0 Å². The van der Waals surface area contributed by atoms with Crippen LogP contribution in [0.4, 0.5) is 4.39 Å². The minimum atomic E-state index is -0.650. The summed E-state index contributed by atoms with van der Waals surface area (Å²) in [5.41, 5.74) is 6.05. The number of rotatable bonds is 5. The molecule has 4 nitrogen and oxygen atoms in total. The molecule has 1 atom stereocenters. The maximum absolute atomic E-state index is 13.0. The molecule has 0 fully saturated rings. The molecule has 0 saturated heterocycles. The van der Waals surface area contributed by atoms with Crippen LogP contribution in [0.3, 0.4) is 0 Å². The smallest absolute Gasteiger partial charge is 0.260 e. The maximum Gasteiger partial charge on any atom is 0.260 e. The number of hydrogen-bond acceptors (Lipinski definition) is 3. The van der Waals surface area contributed by atoms with E-state index < -0.39 is 6.10 Å². The van der Waals surface area contributed by atoms with Gasteiger partial charge in [-0.25, -0.2) is 4.39 Å². The Morgan fingerprint density at radius 1 is 1.44 bits per heavy atom. The Kier molecular flexibility index (Phi) is 5.09. The highest BCUT2D eigenvalue weighted by molar-refractivity contribution is 5.80. The molecule has 0 radical (unpaired) electrons. The van der Waals surface area contributed by atoms with E-state index in [1.54, 1.807) is 6.92 Å².